The molecule has 0 aliphatic carbocycles. The largest absolute Gasteiger partial charge is 0.352 e. The highest BCUT2D eigenvalue weighted by molar-refractivity contribution is 5.97. The molecule has 3 amide bonds. The number of piperidine rings is 1. The van der Waals surface area contributed by atoms with Crippen LogP contribution < -0.4 is 10.6 Å². The highest BCUT2D eigenvalue weighted by Crippen LogP contribution is 2.23. The lowest BCUT2D eigenvalue weighted by Crippen LogP contribution is -2.55. The van der Waals surface area contributed by atoms with Gasteiger partial charge in [-0.25, -0.2) is 4.39 Å². The number of hydrogen-bond acceptors (Lipinski definition) is 3. The summed E-state index contributed by atoms with van der Waals surface area (Å²) in [6.07, 6.45) is 1.96. The molecule has 0 unspecified atom stereocenters. The second-order valence-electron chi connectivity index (χ2n) is 8.27. The fraction of sp³-hybridized carbons (Fsp3) is 0.400. The highest BCUT2D eigenvalue weighted by atomic mass is 19.1. The zero-order valence-electron chi connectivity index (χ0n) is 18.5. The van der Waals surface area contributed by atoms with Crippen LogP contribution in [0.1, 0.15) is 53.8 Å². The Hall–Kier alpha value is -3.22. The van der Waals surface area contributed by atoms with Crippen molar-refractivity contribution in [2.24, 2.45) is 5.92 Å². The van der Waals surface area contributed by atoms with Crippen molar-refractivity contribution in [1.29, 1.82) is 0 Å². The van der Waals surface area contributed by atoms with Crippen molar-refractivity contribution < 1.29 is 18.8 Å². The molecule has 1 saturated heterocycles. The molecule has 0 aromatic heterocycles. The summed E-state index contributed by atoms with van der Waals surface area (Å²) in [7, 11) is 0. The number of carbonyl (C=O) groups excluding carboxylic acids is 3. The number of likely N-dealkylation sites (tertiary alicyclic amines) is 1. The highest BCUT2D eigenvalue weighted by Gasteiger charge is 2.34. The van der Waals surface area contributed by atoms with E-state index >= 15 is 0 Å². The van der Waals surface area contributed by atoms with Crippen LogP contribution in [0.3, 0.4) is 0 Å². The average Bonchev–Trinajstić information content (AvgIpc) is 2.83. The maximum absolute atomic E-state index is 13.2. The Kier molecular flexibility index (Phi) is 7.98. The number of rotatable bonds is 7. The van der Waals surface area contributed by atoms with Crippen LogP contribution in [-0.4, -0.2) is 47.8 Å². The third kappa shape index (κ3) is 5.93. The Bertz CT molecular complexity index is 925. The lowest BCUT2D eigenvalue weighted by molar-refractivity contribution is -0.125. The van der Waals surface area contributed by atoms with Gasteiger partial charge in [0, 0.05) is 30.3 Å². The van der Waals surface area contributed by atoms with Gasteiger partial charge in [0.2, 0.25) is 5.91 Å². The Morgan fingerprint density at radius 2 is 1.59 bits per heavy atom. The van der Waals surface area contributed by atoms with Crippen LogP contribution in [0.5, 0.6) is 0 Å². The van der Waals surface area contributed by atoms with Crippen molar-refractivity contribution in [2.45, 2.75) is 45.2 Å². The summed E-state index contributed by atoms with van der Waals surface area (Å²) in [5.41, 5.74) is 0.936. The van der Waals surface area contributed by atoms with Gasteiger partial charge in [-0.3, -0.25) is 14.4 Å². The smallest absolute Gasteiger partial charge is 0.253 e. The lowest BCUT2D eigenvalue weighted by atomic mass is 9.88. The summed E-state index contributed by atoms with van der Waals surface area (Å²) < 4.78 is 13.2. The molecule has 2 aromatic carbocycles. The SMILES string of the molecule is CC[C@@H](C)NC(=O)[C@H](NC(=O)c1ccccc1)C1CCN(C(=O)c2ccc(F)cc2)CC1. The summed E-state index contributed by atoms with van der Waals surface area (Å²) in [5.74, 6) is -1.13. The molecule has 1 aliphatic rings. The van der Waals surface area contributed by atoms with Gasteiger partial charge in [0.05, 0.1) is 0 Å². The first kappa shape index (κ1) is 23.4. The molecule has 0 bridgehead atoms. The van der Waals surface area contributed by atoms with E-state index in [1.165, 1.54) is 24.3 Å². The summed E-state index contributed by atoms with van der Waals surface area (Å²) >= 11 is 0. The van der Waals surface area contributed by atoms with Crippen molar-refractivity contribution in [3.05, 3.63) is 71.5 Å². The molecule has 1 heterocycles. The number of halogens is 1. The van der Waals surface area contributed by atoms with Crippen molar-refractivity contribution in [1.82, 2.24) is 15.5 Å². The molecular weight excluding hydrogens is 409 g/mol. The normalized spacial score (nSPS) is 16.2. The van der Waals surface area contributed by atoms with E-state index in [2.05, 4.69) is 10.6 Å². The van der Waals surface area contributed by atoms with Gasteiger partial charge < -0.3 is 15.5 Å². The van der Waals surface area contributed by atoms with Crippen LogP contribution in [0.2, 0.25) is 0 Å². The zero-order chi connectivity index (χ0) is 23.1. The van der Waals surface area contributed by atoms with Crippen LogP contribution >= 0.6 is 0 Å². The van der Waals surface area contributed by atoms with Crippen molar-refractivity contribution in [2.75, 3.05) is 13.1 Å². The van der Waals surface area contributed by atoms with E-state index in [1.54, 1.807) is 29.2 Å². The second-order valence-corrected chi connectivity index (χ2v) is 8.27. The van der Waals surface area contributed by atoms with E-state index in [1.807, 2.05) is 19.9 Å². The number of amides is 3. The number of benzene rings is 2. The van der Waals surface area contributed by atoms with E-state index < -0.39 is 6.04 Å². The minimum absolute atomic E-state index is 0.00114. The molecule has 7 heteroatoms. The first-order valence-electron chi connectivity index (χ1n) is 11.1. The second kappa shape index (κ2) is 10.9. The van der Waals surface area contributed by atoms with Gasteiger partial charge in [-0.05, 0) is 68.5 Å². The van der Waals surface area contributed by atoms with Gasteiger partial charge >= 0.3 is 0 Å². The standard InChI is InChI=1S/C25H30FN3O3/c1-3-17(2)27-24(31)22(28-23(30)19-7-5-4-6-8-19)18-13-15-29(16-14-18)25(32)20-9-11-21(26)12-10-20/h4-12,17-18,22H,3,13-16H2,1-2H3,(H,27,31)(H,28,30)/t17-,22-/m1/s1. The molecule has 170 valence electrons. The van der Waals surface area contributed by atoms with Crippen molar-refractivity contribution in [3.8, 4) is 0 Å². The minimum atomic E-state index is -0.681. The third-order valence-corrected chi connectivity index (χ3v) is 6.00. The molecule has 2 N–H and O–H groups in total. The van der Waals surface area contributed by atoms with Crippen LogP contribution in [0, 0.1) is 11.7 Å². The van der Waals surface area contributed by atoms with Crippen molar-refractivity contribution in [3.63, 3.8) is 0 Å². The van der Waals surface area contributed by atoms with Crippen LogP contribution in [0.25, 0.3) is 0 Å². The Labute approximate surface area is 188 Å². The molecule has 6 nitrogen and oxygen atoms in total. The minimum Gasteiger partial charge on any atom is -0.352 e. The van der Waals surface area contributed by atoms with E-state index in [9.17, 15) is 18.8 Å². The molecule has 2 aromatic rings. The number of carbonyl (C=O) groups is 3. The average molecular weight is 440 g/mol. The first-order valence-corrected chi connectivity index (χ1v) is 11.1. The maximum Gasteiger partial charge on any atom is 0.253 e. The maximum atomic E-state index is 13.2. The van der Waals surface area contributed by atoms with Gasteiger partial charge in [0.25, 0.3) is 11.8 Å². The number of nitrogens with one attached hydrogen (secondary N) is 2. The quantitative estimate of drug-likeness (QED) is 0.694. The number of nitrogens with zero attached hydrogens (tertiary/aromatic N) is 1. The van der Waals surface area contributed by atoms with Crippen molar-refractivity contribution >= 4 is 17.7 Å². The fourth-order valence-corrected chi connectivity index (χ4v) is 3.86. The molecule has 3 rings (SSSR count). The zero-order valence-corrected chi connectivity index (χ0v) is 18.5. The third-order valence-electron chi connectivity index (χ3n) is 6.00. The predicted octanol–water partition coefficient (Wildman–Crippen LogP) is 3.39. The summed E-state index contributed by atoms with van der Waals surface area (Å²) in [4.78, 5) is 40.2. The van der Waals surface area contributed by atoms with E-state index in [0.717, 1.165) is 6.42 Å². The van der Waals surface area contributed by atoms with E-state index in [4.69, 9.17) is 0 Å². The topological polar surface area (TPSA) is 78.5 Å². The molecule has 0 radical (unpaired) electrons. The molecule has 0 saturated carbocycles. The van der Waals surface area contributed by atoms with Crippen LogP contribution in [0.4, 0.5) is 4.39 Å². The van der Waals surface area contributed by atoms with Gasteiger partial charge in [0.15, 0.2) is 0 Å². The number of hydrogen-bond donors (Lipinski definition) is 2. The van der Waals surface area contributed by atoms with Gasteiger partial charge in [-0.2, -0.15) is 0 Å². The Balaban J connectivity index is 1.68. The molecule has 2 atom stereocenters. The predicted molar refractivity (Wildman–Crippen MR) is 121 cm³/mol. The lowest BCUT2D eigenvalue weighted by Gasteiger charge is -2.36. The first-order chi connectivity index (χ1) is 15.4. The van der Waals surface area contributed by atoms with Gasteiger partial charge in [0.1, 0.15) is 11.9 Å². The Morgan fingerprint density at radius 1 is 0.969 bits per heavy atom. The molecule has 32 heavy (non-hydrogen) atoms. The van der Waals surface area contributed by atoms with Gasteiger partial charge in [-0.1, -0.05) is 25.1 Å². The van der Waals surface area contributed by atoms with Crippen LogP contribution in [-0.2, 0) is 4.79 Å². The molecule has 1 aliphatic heterocycles. The molecule has 1 fully saturated rings. The summed E-state index contributed by atoms with van der Waals surface area (Å²) in [6, 6.07) is 13.6. The monoisotopic (exact) mass is 439 g/mol. The van der Waals surface area contributed by atoms with E-state index in [0.29, 0.717) is 37.1 Å². The van der Waals surface area contributed by atoms with Crippen LogP contribution in [0.15, 0.2) is 54.6 Å². The van der Waals surface area contributed by atoms with Gasteiger partial charge in [-0.15, -0.1) is 0 Å². The Morgan fingerprint density at radius 3 is 2.19 bits per heavy atom. The fourth-order valence-electron chi connectivity index (χ4n) is 3.86. The molecular formula is C25H30FN3O3. The summed E-state index contributed by atoms with van der Waals surface area (Å²) in [6.45, 7) is 4.85. The van der Waals surface area contributed by atoms with E-state index in [-0.39, 0.29) is 35.5 Å². The molecule has 0 spiro atoms. The summed E-state index contributed by atoms with van der Waals surface area (Å²) in [5, 5.41) is 5.90.